The van der Waals surface area contributed by atoms with Crippen LogP contribution < -0.4 is 0 Å². The summed E-state index contributed by atoms with van der Waals surface area (Å²) in [6, 6.07) is 0.521. The maximum Gasteiger partial charge on any atom is 0.303 e. The first-order chi connectivity index (χ1) is 21.4. The summed E-state index contributed by atoms with van der Waals surface area (Å²) in [4.78, 5) is 14.6. The number of morpholine rings is 1. The van der Waals surface area contributed by atoms with Crippen molar-refractivity contribution in [2.24, 2.45) is 50.7 Å². The number of nitrogens with zero attached hydrogens (tertiary/aromatic N) is 1. The summed E-state index contributed by atoms with van der Waals surface area (Å²) in [6.07, 6.45) is 10.4. The Morgan fingerprint density at radius 3 is 2.37 bits per heavy atom. The molecule has 0 radical (unpaired) electrons. The lowest BCUT2D eigenvalue weighted by molar-refractivity contribution is -0.249. The Balaban J connectivity index is 1.11. The molecule has 2 spiro atoms. The smallest absolute Gasteiger partial charge is 0.303 e. The van der Waals surface area contributed by atoms with E-state index in [1.54, 1.807) is 13.8 Å². The number of aliphatic hydroxyl groups is 1. The van der Waals surface area contributed by atoms with E-state index >= 15 is 0 Å². The maximum absolute atomic E-state index is 12.1. The van der Waals surface area contributed by atoms with Crippen molar-refractivity contribution in [3.8, 4) is 0 Å². The van der Waals surface area contributed by atoms with E-state index in [4.69, 9.17) is 18.9 Å². The molecular formula is C39H65NO6. The van der Waals surface area contributed by atoms with Gasteiger partial charge in [0.2, 0.25) is 0 Å². The van der Waals surface area contributed by atoms with Crippen molar-refractivity contribution in [2.75, 3.05) is 19.7 Å². The van der Waals surface area contributed by atoms with Gasteiger partial charge in [-0.3, -0.25) is 9.69 Å². The minimum Gasteiger partial charge on any atom is -0.457 e. The van der Waals surface area contributed by atoms with Crippen molar-refractivity contribution in [1.29, 1.82) is 0 Å². The molecule has 0 aromatic heterocycles. The van der Waals surface area contributed by atoms with Gasteiger partial charge >= 0.3 is 5.97 Å². The van der Waals surface area contributed by atoms with Gasteiger partial charge in [-0.1, -0.05) is 34.6 Å². The molecule has 7 fully saturated rings. The fourth-order valence-corrected chi connectivity index (χ4v) is 14.0. The number of ether oxygens (including phenoxy) is 4. The highest BCUT2D eigenvalue weighted by molar-refractivity contribution is 5.66. The molecule has 1 N–H and O–H groups in total. The first-order valence-electron chi connectivity index (χ1n) is 19.0. The SMILES string of the molecule is CC(=O)O[C@@H](C1C[C@@H](C)C2C(C[C@@]3(C)[C@@H]4CCC5C(C)(C)[C@@H](OC6CN(C(C)C)CCO6)CC[C@@]56C[C@@]46CC[C@]23C)O1)C(C)(C)O. The van der Waals surface area contributed by atoms with Crippen molar-refractivity contribution in [3.63, 3.8) is 0 Å². The van der Waals surface area contributed by atoms with Gasteiger partial charge in [-0.15, -0.1) is 0 Å². The minimum atomic E-state index is -1.16. The summed E-state index contributed by atoms with van der Waals surface area (Å²) >= 11 is 0. The highest BCUT2D eigenvalue weighted by Gasteiger charge is 2.83. The Labute approximate surface area is 279 Å². The predicted octanol–water partition coefficient (Wildman–Crippen LogP) is 6.98. The molecule has 0 amide bonds. The van der Waals surface area contributed by atoms with Crippen molar-refractivity contribution in [3.05, 3.63) is 0 Å². The molecule has 2 heterocycles. The van der Waals surface area contributed by atoms with Crippen molar-refractivity contribution < 1.29 is 28.8 Å². The maximum atomic E-state index is 12.1. The van der Waals surface area contributed by atoms with Gasteiger partial charge in [0.25, 0.3) is 0 Å². The van der Waals surface area contributed by atoms with Gasteiger partial charge in [0.05, 0.1) is 30.5 Å². The van der Waals surface area contributed by atoms with E-state index in [9.17, 15) is 9.90 Å². The van der Waals surface area contributed by atoms with Gasteiger partial charge in [0.15, 0.2) is 12.4 Å². The van der Waals surface area contributed by atoms with Crippen LogP contribution in [-0.2, 0) is 23.7 Å². The molecule has 262 valence electrons. The normalized spacial score (nSPS) is 50.4. The number of hydrogen-bond donors (Lipinski definition) is 1. The van der Waals surface area contributed by atoms with Crippen LogP contribution in [0.15, 0.2) is 0 Å². The molecule has 7 aliphatic rings. The van der Waals surface area contributed by atoms with E-state index < -0.39 is 11.7 Å². The summed E-state index contributed by atoms with van der Waals surface area (Å²) in [6.45, 7) is 24.8. The van der Waals surface area contributed by atoms with Gasteiger partial charge in [0.1, 0.15) is 0 Å². The first-order valence-corrected chi connectivity index (χ1v) is 19.0. The second-order valence-corrected chi connectivity index (χ2v) is 19.2. The number of hydrogen-bond acceptors (Lipinski definition) is 7. The molecule has 5 saturated carbocycles. The van der Waals surface area contributed by atoms with Crippen LogP contribution in [-0.4, -0.2) is 78.0 Å². The monoisotopic (exact) mass is 643 g/mol. The lowest BCUT2D eigenvalue weighted by atomic mass is 9.41. The zero-order valence-electron chi connectivity index (χ0n) is 30.7. The highest BCUT2D eigenvalue weighted by Crippen LogP contribution is 2.89. The number of fused-ring (bicyclic) bond motifs is 4. The van der Waals surface area contributed by atoms with Crippen LogP contribution in [0.1, 0.15) is 127 Å². The van der Waals surface area contributed by atoms with E-state index in [-0.39, 0.29) is 46.8 Å². The van der Waals surface area contributed by atoms with Gasteiger partial charge in [-0.25, -0.2) is 0 Å². The Hall–Kier alpha value is -0.730. The Morgan fingerprint density at radius 2 is 1.70 bits per heavy atom. The average Bonchev–Trinajstić information content (AvgIpc) is 3.55. The molecule has 0 bridgehead atoms. The Bertz CT molecular complexity index is 1200. The summed E-state index contributed by atoms with van der Waals surface area (Å²) in [5.41, 5.74) is 0.331. The van der Waals surface area contributed by atoms with Crippen LogP contribution in [0.5, 0.6) is 0 Å². The summed E-state index contributed by atoms with van der Waals surface area (Å²) in [7, 11) is 0. The van der Waals surface area contributed by atoms with E-state index in [0.29, 0.717) is 34.6 Å². The number of esters is 1. The van der Waals surface area contributed by atoms with E-state index in [2.05, 4.69) is 53.4 Å². The zero-order valence-corrected chi connectivity index (χ0v) is 30.7. The third kappa shape index (κ3) is 4.70. The predicted molar refractivity (Wildman–Crippen MR) is 178 cm³/mol. The molecule has 0 aromatic carbocycles. The molecule has 7 nitrogen and oxygen atoms in total. The fourth-order valence-electron chi connectivity index (χ4n) is 14.0. The van der Waals surface area contributed by atoms with Crippen LogP contribution in [0.4, 0.5) is 0 Å². The van der Waals surface area contributed by atoms with Crippen LogP contribution in [0, 0.1) is 50.7 Å². The molecule has 7 rings (SSSR count). The molecular weight excluding hydrogens is 578 g/mol. The number of carbonyl (C=O) groups excluding carboxylic acids is 1. The lowest BCUT2D eigenvalue weighted by Crippen LogP contribution is -2.59. The second-order valence-electron chi connectivity index (χ2n) is 19.2. The largest absolute Gasteiger partial charge is 0.457 e. The van der Waals surface area contributed by atoms with Gasteiger partial charge in [0, 0.05) is 26.1 Å². The second kappa shape index (κ2) is 10.9. The van der Waals surface area contributed by atoms with Crippen LogP contribution in [0.2, 0.25) is 0 Å². The number of rotatable bonds is 6. The van der Waals surface area contributed by atoms with Crippen molar-refractivity contribution in [2.45, 2.75) is 169 Å². The molecule has 2 aliphatic heterocycles. The van der Waals surface area contributed by atoms with E-state index in [1.165, 1.54) is 45.4 Å². The van der Waals surface area contributed by atoms with E-state index in [1.807, 2.05) is 0 Å². The molecule has 7 heteroatoms. The average molecular weight is 644 g/mol. The summed E-state index contributed by atoms with van der Waals surface area (Å²) in [5.74, 6) is 2.03. The molecule has 0 aromatic rings. The van der Waals surface area contributed by atoms with Crippen LogP contribution >= 0.6 is 0 Å². The van der Waals surface area contributed by atoms with Crippen LogP contribution in [0.25, 0.3) is 0 Å². The molecule has 5 aliphatic carbocycles. The third-order valence-corrected chi connectivity index (χ3v) is 16.1. The number of carbonyl (C=O) groups is 1. The summed E-state index contributed by atoms with van der Waals surface area (Å²) < 4.78 is 25.8. The highest BCUT2D eigenvalue weighted by atomic mass is 16.7. The minimum absolute atomic E-state index is 0.113. The van der Waals surface area contributed by atoms with Gasteiger partial charge in [-0.05, 0) is 136 Å². The molecule has 13 atom stereocenters. The van der Waals surface area contributed by atoms with Gasteiger partial charge in [-0.2, -0.15) is 0 Å². The topological polar surface area (TPSA) is 77.5 Å². The fraction of sp³-hybridized carbons (Fsp3) is 0.974. The first kappa shape index (κ1) is 33.8. The van der Waals surface area contributed by atoms with E-state index in [0.717, 1.165) is 44.9 Å². The molecule has 46 heavy (non-hydrogen) atoms. The quantitative estimate of drug-likeness (QED) is 0.313. The van der Waals surface area contributed by atoms with Crippen molar-refractivity contribution >= 4 is 5.97 Å². The van der Waals surface area contributed by atoms with Crippen LogP contribution in [0.3, 0.4) is 0 Å². The molecule has 2 saturated heterocycles. The lowest BCUT2D eigenvalue weighted by Gasteiger charge is -2.63. The third-order valence-electron chi connectivity index (χ3n) is 16.1. The van der Waals surface area contributed by atoms with Gasteiger partial charge < -0.3 is 24.1 Å². The standard InChI is InChI=1S/C39H65NO6/c1-23(2)40-17-18-43-31(21-40)46-30-13-14-38-22-39(38)16-15-36(9)32-24(3)19-26(33(35(7,8)42)44-25(4)41)45-27(32)20-37(36,10)29(39)12-11-28(38)34(30,5)6/h23-24,26-33,42H,11-22H2,1-10H3/t24-,26?,27?,28?,29+,30+,31?,32?,33+,36-,37+,38-,39+/m1/s1. The Morgan fingerprint density at radius 1 is 1.00 bits per heavy atom. The zero-order chi connectivity index (χ0) is 33.2. The summed E-state index contributed by atoms with van der Waals surface area (Å²) in [5, 5.41) is 11.0. The van der Waals surface area contributed by atoms with Crippen molar-refractivity contribution in [1.82, 2.24) is 4.90 Å². The Kier molecular flexibility index (Phi) is 7.99. The molecule has 5 unspecified atom stereocenters.